The van der Waals surface area contributed by atoms with Crippen LogP contribution in [0.25, 0.3) is 0 Å². The topological polar surface area (TPSA) is 64.6 Å². The first-order valence-corrected chi connectivity index (χ1v) is 8.19. The van der Waals surface area contributed by atoms with Gasteiger partial charge in [0, 0.05) is 11.5 Å². The monoisotopic (exact) mass is 333 g/mol. The van der Waals surface area contributed by atoms with Crippen LogP contribution in [-0.4, -0.2) is 31.7 Å². The molecule has 1 amide bonds. The second-order valence-electron chi connectivity index (χ2n) is 4.72. The SMILES string of the molecule is CCOCC(=O)OCC(=O)N[C@H](c1ccccc1)c1cccs1. The molecule has 2 aromatic rings. The van der Waals surface area contributed by atoms with Crippen molar-refractivity contribution in [1.29, 1.82) is 0 Å². The lowest BCUT2D eigenvalue weighted by Gasteiger charge is -2.18. The van der Waals surface area contributed by atoms with Gasteiger partial charge in [0.25, 0.3) is 5.91 Å². The van der Waals surface area contributed by atoms with Crippen LogP contribution < -0.4 is 5.32 Å². The molecule has 1 heterocycles. The van der Waals surface area contributed by atoms with Crippen LogP contribution >= 0.6 is 11.3 Å². The van der Waals surface area contributed by atoms with Crippen LogP contribution in [0.1, 0.15) is 23.4 Å². The molecule has 0 bridgehead atoms. The molecule has 0 radical (unpaired) electrons. The van der Waals surface area contributed by atoms with Gasteiger partial charge in [0.1, 0.15) is 6.61 Å². The Morgan fingerprint density at radius 2 is 1.91 bits per heavy atom. The number of thiophene rings is 1. The molecule has 0 aliphatic rings. The third kappa shape index (κ3) is 5.50. The molecule has 0 fully saturated rings. The van der Waals surface area contributed by atoms with Crippen LogP contribution in [0, 0.1) is 0 Å². The molecule has 0 spiro atoms. The Bertz CT molecular complexity index is 613. The summed E-state index contributed by atoms with van der Waals surface area (Å²) < 4.78 is 9.82. The standard InChI is InChI=1S/C17H19NO4S/c1-2-21-12-16(20)22-11-15(19)18-17(14-9-6-10-23-14)13-7-4-3-5-8-13/h3-10,17H,2,11-12H2,1H3,(H,18,19)/t17-/m1/s1. The molecule has 0 aliphatic heterocycles. The maximum Gasteiger partial charge on any atom is 0.332 e. The largest absolute Gasteiger partial charge is 0.454 e. The number of carbonyl (C=O) groups is 2. The van der Waals surface area contributed by atoms with Gasteiger partial charge in [0.2, 0.25) is 0 Å². The van der Waals surface area contributed by atoms with Crippen molar-refractivity contribution in [2.45, 2.75) is 13.0 Å². The van der Waals surface area contributed by atoms with Crippen molar-refractivity contribution in [3.63, 3.8) is 0 Å². The van der Waals surface area contributed by atoms with Crippen molar-refractivity contribution < 1.29 is 19.1 Å². The van der Waals surface area contributed by atoms with Crippen molar-refractivity contribution >= 4 is 23.2 Å². The lowest BCUT2D eigenvalue weighted by molar-refractivity contribution is -0.152. The Morgan fingerprint density at radius 1 is 1.13 bits per heavy atom. The second kappa shape index (κ2) is 9.07. The van der Waals surface area contributed by atoms with E-state index in [9.17, 15) is 9.59 Å². The minimum atomic E-state index is -0.547. The highest BCUT2D eigenvalue weighted by atomic mass is 32.1. The Labute approximate surface area is 139 Å². The summed E-state index contributed by atoms with van der Waals surface area (Å²) in [6, 6.07) is 13.3. The molecular weight excluding hydrogens is 314 g/mol. The summed E-state index contributed by atoms with van der Waals surface area (Å²) in [6.07, 6.45) is 0. The van der Waals surface area contributed by atoms with Gasteiger partial charge in [-0.15, -0.1) is 11.3 Å². The number of rotatable bonds is 8. The predicted molar refractivity (Wildman–Crippen MR) is 88.2 cm³/mol. The molecule has 122 valence electrons. The number of nitrogens with one attached hydrogen (secondary N) is 1. The average molecular weight is 333 g/mol. The van der Waals surface area contributed by atoms with E-state index in [1.807, 2.05) is 47.8 Å². The zero-order valence-corrected chi connectivity index (χ0v) is 13.7. The van der Waals surface area contributed by atoms with E-state index in [0.29, 0.717) is 6.61 Å². The van der Waals surface area contributed by atoms with Crippen molar-refractivity contribution in [1.82, 2.24) is 5.32 Å². The molecule has 0 saturated carbocycles. The first-order valence-electron chi connectivity index (χ1n) is 7.31. The van der Waals surface area contributed by atoms with Crippen molar-refractivity contribution in [2.75, 3.05) is 19.8 Å². The minimum absolute atomic E-state index is 0.142. The van der Waals surface area contributed by atoms with E-state index in [4.69, 9.17) is 9.47 Å². The zero-order chi connectivity index (χ0) is 16.5. The summed E-state index contributed by atoms with van der Waals surface area (Å²) in [4.78, 5) is 24.5. The van der Waals surface area contributed by atoms with Crippen molar-refractivity contribution in [3.05, 3.63) is 58.3 Å². The normalized spacial score (nSPS) is 11.7. The molecule has 1 N–H and O–H groups in total. The summed E-state index contributed by atoms with van der Waals surface area (Å²) in [5.41, 5.74) is 0.976. The number of esters is 1. The quantitative estimate of drug-likeness (QED) is 0.754. The van der Waals surface area contributed by atoms with E-state index in [0.717, 1.165) is 10.4 Å². The van der Waals surface area contributed by atoms with Gasteiger partial charge < -0.3 is 14.8 Å². The highest BCUT2D eigenvalue weighted by Crippen LogP contribution is 2.25. The van der Waals surface area contributed by atoms with Gasteiger partial charge in [0.15, 0.2) is 6.61 Å². The van der Waals surface area contributed by atoms with Crippen LogP contribution in [-0.2, 0) is 19.1 Å². The van der Waals surface area contributed by atoms with E-state index in [1.54, 1.807) is 18.3 Å². The van der Waals surface area contributed by atoms with Crippen LogP contribution in [0.5, 0.6) is 0 Å². The first kappa shape index (κ1) is 17.2. The number of benzene rings is 1. The van der Waals surface area contributed by atoms with Crippen LogP contribution in [0.3, 0.4) is 0 Å². The Balaban J connectivity index is 1.96. The van der Waals surface area contributed by atoms with E-state index >= 15 is 0 Å². The molecular formula is C17H19NO4S. The lowest BCUT2D eigenvalue weighted by atomic mass is 10.1. The van der Waals surface area contributed by atoms with Gasteiger partial charge in [-0.1, -0.05) is 36.4 Å². The number of amides is 1. The highest BCUT2D eigenvalue weighted by molar-refractivity contribution is 7.10. The zero-order valence-electron chi connectivity index (χ0n) is 12.9. The fraction of sp³-hybridized carbons (Fsp3) is 0.294. The van der Waals surface area contributed by atoms with E-state index < -0.39 is 5.97 Å². The molecule has 23 heavy (non-hydrogen) atoms. The molecule has 0 saturated heterocycles. The van der Waals surface area contributed by atoms with Gasteiger partial charge in [-0.3, -0.25) is 4.79 Å². The van der Waals surface area contributed by atoms with E-state index in [2.05, 4.69) is 5.32 Å². The smallest absolute Gasteiger partial charge is 0.332 e. The predicted octanol–water partition coefficient (Wildman–Crippen LogP) is 2.53. The van der Waals surface area contributed by atoms with Crippen molar-refractivity contribution in [3.8, 4) is 0 Å². The maximum atomic E-state index is 12.1. The first-order chi connectivity index (χ1) is 11.2. The summed E-state index contributed by atoms with van der Waals surface area (Å²) in [5.74, 6) is -0.897. The fourth-order valence-corrected chi connectivity index (χ4v) is 2.80. The molecule has 0 unspecified atom stereocenters. The maximum absolute atomic E-state index is 12.1. The van der Waals surface area contributed by atoms with Crippen LogP contribution in [0.15, 0.2) is 47.8 Å². The fourth-order valence-electron chi connectivity index (χ4n) is 2.00. The Morgan fingerprint density at radius 3 is 2.57 bits per heavy atom. The number of ether oxygens (including phenoxy) is 2. The minimum Gasteiger partial charge on any atom is -0.454 e. The van der Waals surface area contributed by atoms with Gasteiger partial charge in [-0.05, 0) is 23.9 Å². The van der Waals surface area contributed by atoms with Gasteiger partial charge in [0.05, 0.1) is 6.04 Å². The molecule has 0 aliphatic carbocycles. The third-order valence-electron chi connectivity index (χ3n) is 3.05. The van der Waals surface area contributed by atoms with E-state index in [-0.39, 0.29) is 25.2 Å². The number of hydrogen-bond acceptors (Lipinski definition) is 5. The highest BCUT2D eigenvalue weighted by Gasteiger charge is 2.18. The van der Waals surface area contributed by atoms with Crippen LogP contribution in [0.4, 0.5) is 0 Å². The van der Waals surface area contributed by atoms with Gasteiger partial charge in [-0.25, -0.2) is 4.79 Å². The van der Waals surface area contributed by atoms with Crippen LogP contribution in [0.2, 0.25) is 0 Å². The molecule has 6 heteroatoms. The summed E-state index contributed by atoms with van der Waals surface area (Å²) in [6.45, 7) is 1.75. The average Bonchev–Trinajstić information content (AvgIpc) is 3.11. The number of hydrogen-bond donors (Lipinski definition) is 1. The number of carbonyl (C=O) groups excluding carboxylic acids is 2. The lowest BCUT2D eigenvalue weighted by Crippen LogP contribution is -2.33. The molecule has 1 aromatic carbocycles. The summed E-state index contributed by atoms with van der Waals surface area (Å²) in [5, 5.41) is 4.86. The Kier molecular flexibility index (Phi) is 6.77. The Hall–Kier alpha value is -2.18. The molecule has 2 rings (SSSR count). The molecule has 5 nitrogen and oxygen atoms in total. The van der Waals surface area contributed by atoms with Gasteiger partial charge >= 0.3 is 5.97 Å². The third-order valence-corrected chi connectivity index (χ3v) is 3.99. The summed E-state index contributed by atoms with van der Waals surface area (Å²) >= 11 is 1.56. The van der Waals surface area contributed by atoms with Gasteiger partial charge in [-0.2, -0.15) is 0 Å². The molecule has 1 atom stereocenters. The van der Waals surface area contributed by atoms with E-state index in [1.165, 1.54) is 0 Å². The molecule has 1 aromatic heterocycles. The second-order valence-corrected chi connectivity index (χ2v) is 5.70. The summed E-state index contributed by atoms with van der Waals surface area (Å²) in [7, 11) is 0. The van der Waals surface area contributed by atoms with Crippen molar-refractivity contribution in [2.24, 2.45) is 0 Å².